The van der Waals surface area contributed by atoms with Crippen molar-refractivity contribution < 1.29 is 9.47 Å². The Hall–Kier alpha value is -3.28. The molecular formula is C37H56N4O2. The molecule has 0 radical (unpaired) electrons. The third-order valence-electron chi connectivity index (χ3n) is 8.28. The maximum Gasteiger partial charge on any atom is 0.317 e. The Kier molecular flexibility index (Phi) is 14.6. The van der Waals surface area contributed by atoms with Gasteiger partial charge in [0.15, 0.2) is 0 Å². The van der Waals surface area contributed by atoms with Gasteiger partial charge in [-0.05, 0) is 67.3 Å². The second kappa shape index (κ2) is 18.4. The Balaban J connectivity index is 1.90. The van der Waals surface area contributed by atoms with Gasteiger partial charge in [0.2, 0.25) is 0 Å². The molecule has 0 saturated carbocycles. The summed E-state index contributed by atoms with van der Waals surface area (Å²) in [4.78, 5) is 14.3. The van der Waals surface area contributed by atoms with Gasteiger partial charge >= 0.3 is 6.02 Å². The van der Waals surface area contributed by atoms with Crippen LogP contribution in [0.4, 0.5) is 11.4 Å². The van der Waals surface area contributed by atoms with Crippen molar-refractivity contribution in [3.8, 4) is 5.75 Å². The molecule has 3 rings (SSSR count). The first kappa shape index (κ1) is 34.2. The van der Waals surface area contributed by atoms with E-state index in [9.17, 15) is 0 Å². The Morgan fingerprint density at radius 2 is 1.30 bits per heavy atom. The summed E-state index contributed by atoms with van der Waals surface area (Å²) in [7, 11) is 7.47. The van der Waals surface area contributed by atoms with Crippen LogP contribution < -0.4 is 14.5 Å². The number of hydrogen-bond acceptors (Lipinski definition) is 6. The normalized spacial score (nSPS) is 13.7. The number of amidine groups is 1. The first-order valence-corrected chi connectivity index (χ1v) is 16.6. The minimum absolute atomic E-state index is 0.368. The van der Waals surface area contributed by atoms with Gasteiger partial charge in [0.05, 0.1) is 19.9 Å². The molecule has 0 unspecified atom stereocenters. The summed E-state index contributed by atoms with van der Waals surface area (Å²) in [5.41, 5.74) is 7.20. The molecule has 1 aliphatic heterocycles. The van der Waals surface area contributed by atoms with Crippen molar-refractivity contribution in [2.24, 2.45) is 9.98 Å². The number of anilines is 2. The third kappa shape index (κ3) is 10.4. The van der Waals surface area contributed by atoms with Crippen LogP contribution in [-0.2, 0) is 4.74 Å². The molecular weight excluding hydrogens is 532 g/mol. The fourth-order valence-corrected chi connectivity index (χ4v) is 5.59. The van der Waals surface area contributed by atoms with Crippen LogP contribution in [0.3, 0.4) is 0 Å². The first-order valence-electron chi connectivity index (χ1n) is 16.6. The summed E-state index contributed by atoms with van der Waals surface area (Å²) in [5, 5.41) is 0. The number of benzene rings is 2. The lowest BCUT2D eigenvalue weighted by atomic mass is 10.0. The molecule has 0 amide bonds. The second-order valence-corrected chi connectivity index (χ2v) is 11.9. The van der Waals surface area contributed by atoms with Gasteiger partial charge in [-0.2, -0.15) is 9.98 Å². The van der Waals surface area contributed by atoms with Crippen LogP contribution in [0.25, 0.3) is 6.08 Å². The molecule has 1 heterocycles. The minimum atomic E-state index is 0.368. The number of unbranched alkanes of at least 4 members (excludes halogenated alkanes) is 10. The van der Waals surface area contributed by atoms with Crippen molar-refractivity contribution in [1.82, 2.24) is 0 Å². The van der Waals surface area contributed by atoms with E-state index < -0.39 is 0 Å². The van der Waals surface area contributed by atoms with Gasteiger partial charge in [0.1, 0.15) is 11.5 Å². The van der Waals surface area contributed by atoms with Crippen LogP contribution in [0, 0.1) is 6.92 Å². The predicted molar refractivity (Wildman–Crippen MR) is 186 cm³/mol. The average molecular weight is 589 g/mol. The molecule has 0 bridgehead atoms. The molecule has 0 saturated heterocycles. The average Bonchev–Trinajstić information content (AvgIpc) is 3.42. The monoisotopic (exact) mass is 588 g/mol. The van der Waals surface area contributed by atoms with E-state index in [1.54, 1.807) is 14.2 Å². The maximum absolute atomic E-state index is 5.87. The van der Waals surface area contributed by atoms with Crippen LogP contribution >= 0.6 is 0 Å². The molecule has 236 valence electrons. The lowest BCUT2D eigenvalue weighted by molar-refractivity contribution is 0.398. The van der Waals surface area contributed by atoms with Crippen molar-refractivity contribution in [2.45, 2.75) is 97.8 Å². The van der Waals surface area contributed by atoms with E-state index in [1.807, 2.05) is 0 Å². The quantitative estimate of drug-likeness (QED) is 0.153. The second-order valence-electron chi connectivity index (χ2n) is 11.9. The van der Waals surface area contributed by atoms with E-state index in [2.05, 4.69) is 87.1 Å². The number of aryl methyl sites for hydroxylation is 1. The topological polar surface area (TPSA) is 49.7 Å². The third-order valence-corrected chi connectivity index (χ3v) is 8.28. The predicted octanol–water partition coefficient (Wildman–Crippen LogP) is 9.44. The molecule has 0 fully saturated rings. The Morgan fingerprint density at radius 1 is 0.698 bits per heavy atom. The van der Waals surface area contributed by atoms with E-state index in [1.165, 1.54) is 94.0 Å². The highest BCUT2D eigenvalue weighted by Gasteiger charge is 2.24. The summed E-state index contributed by atoms with van der Waals surface area (Å²) < 4.78 is 11.4. The minimum Gasteiger partial charge on any atom is -0.496 e. The zero-order chi connectivity index (χ0) is 31.0. The Labute approximate surface area is 261 Å². The number of rotatable bonds is 19. The zero-order valence-corrected chi connectivity index (χ0v) is 28.0. The van der Waals surface area contributed by atoms with Gasteiger partial charge in [-0.15, -0.1) is 0 Å². The molecule has 0 spiro atoms. The fourth-order valence-electron chi connectivity index (χ4n) is 5.59. The number of hydrogen-bond donors (Lipinski definition) is 0. The number of nitrogens with zero attached hydrogens (tertiary/aromatic N) is 4. The molecule has 0 atom stereocenters. The molecule has 6 nitrogen and oxygen atoms in total. The SMILES string of the molecule is CCCCCCCCN(CCCCCCCC)c1ccc(OC)c(C2=NC(OC)=N/C2=C\c2ccc(N(C)C)cc2C)c1. The van der Waals surface area contributed by atoms with Gasteiger partial charge in [-0.1, -0.05) is 84.1 Å². The van der Waals surface area contributed by atoms with E-state index in [4.69, 9.17) is 19.5 Å². The highest BCUT2D eigenvalue weighted by molar-refractivity contribution is 6.23. The fraction of sp³-hybridized carbons (Fsp3) is 0.568. The Bertz CT molecular complexity index is 1220. The largest absolute Gasteiger partial charge is 0.496 e. The lowest BCUT2D eigenvalue weighted by Gasteiger charge is -2.26. The van der Waals surface area contributed by atoms with E-state index in [0.717, 1.165) is 41.4 Å². The van der Waals surface area contributed by atoms with Gasteiger partial charge in [-0.3, -0.25) is 0 Å². The molecule has 0 aromatic heterocycles. The molecule has 1 aliphatic rings. The van der Waals surface area contributed by atoms with Crippen molar-refractivity contribution >= 4 is 29.2 Å². The first-order chi connectivity index (χ1) is 20.9. The number of methoxy groups -OCH3 is 2. The molecule has 43 heavy (non-hydrogen) atoms. The highest BCUT2D eigenvalue weighted by atomic mass is 16.5. The van der Waals surface area contributed by atoms with Crippen molar-refractivity contribution in [3.63, 3.8) is 0 Å². The highest BCUT2D eigenvalue weighted by Crippen LogP contribution is 2.32. The summed E-state index contributed by atoms with van der Waals surface area (Å²) in [6.45, 7) is 8.83. The summed E-state index contributed by atoms with van der Waals surface area (Å²) in [6.07, 6.45) is 17.7. The smallest absolute Gasteiger partial charge is 0.317 e. The van der Waals surface area contributed by atoms with Crippen LogP contribution in [-0.4, -0.2) is 53.1 Å². The van der Waals surface area contributed by atoms with Gasteiger partial charge in [0.25, 0.3) is 0 Å². The van der Waals surface area contributed by atoms with Crippen LogP contribution in [0.15, 0.2) is 52.1 Å². The Morgan fingerprint density at radius 3 is 1.86 bits per heavy atom. The number of aliphatic imine (C=N–C) groups is 2. The van der Waals surface area contributed by atoms with Gasteiger partial charge in [-0.25, -0.2) is 0 Å². The summed E-state index contributed by atoms with van der Waals surface area (Å²) >= 11 is 0. The summed E-state index contributed by atoms with van der Waals surface area (Å²) in [6, 6.07) is 13.4. The van der Waals surface area contributed by atoms with Crippen molar-refractivity contribution in [2.75, 3.05) is 51.2 Å². The van der Waals surface area contributed by atoms with E-state index >= 15 is 0 Å². The molecule has 2 aromatic carbocycles. The lowest BCUT2D eigenvalue weighted by Crippen LogP contribution is -2.26. The molecule has 0 N–H and O–H groups in total. The van der Waals surface area contributed by atoms with Gasteiger partial charge < -0.3 is 19.3 Å². The molecule has 0 aliphatic carbocycles. The van der Waals surface area contributed by atoms with Crippen molar-refractivity contribution in [3.05, 3.63) is 58.8 Å². The number of allylic oxidation sites excluding steroid dienone is 1. The zero-order valence-electron chi connectivity index (χ0n) is 28.0. The van der Waals surface area contributed by atoms with E-state index in [0.29, 0.717) is 6.02 Å². The maximum atomic E-state index is 5.87. The van der Waals surface area contributed by atoms with Gasteiger partial charge in [0, 0.05) is 44.1 Å². The van der Waals surface area contributed by atoms with Crippen LogP contribution in [0.2, 0.25) is 0 Å². The number of ether oxygens (including phenoxy) is 2. The molecule has 6 heteroatoms. The standard InChI is InChI=1S/C37H56N4O2/c1-8-10-12-14-16-18-24-41(25-19-17-15-13-11-9-2)32-22-23-35(42-6)33(28-32)36-34(38-37(39-36)43-7)27-30-20-21-31(40(4)5)26-29(30)3/h20-23,26-28H,8-19,24-25H2,1-7H3/b34-27-. The van der Waals surface area contributed by atoms with Crippen LogP contribution in [0.5, 0.6) is 5.75 Å². The summed E-state index contributed by atoms with van der Waals surface area (Å²) in [5.74, 6) is 0.791. The van der Waals surface area contributed by atoms with Crippen molar-refractivity contribution in [1.29, 1.82) is 0 Å². The van der Waals surface area contributed by atoms with Crippen LogP contribution in [0.1, 0.15) is 108 Å². The van der Waals surface area contributed by atoms with E-state index in [-0.39, 0.29) is 0 Å². The molecule has 2 aromatic rings.